The number of aromatic nitrogens is 2. The summed E-state index contributed by atoms with van der Waals surface area (Å²) in [7, 11) is 0. The lowest BCUT2D eigenvalue weighted by atomic mass is 10.1. The van der Waals surface area contributed by atoms with Gasteiger partial charge in [-0.15, -0.1) is 0 Å². The van der Waals surface area contributed by atoms with E-state index in [1.54, 1.807) is 12.3 Å². The Morgan fingerprint density at radius 2 is 2.00 bits per heavy atom. The molecular weight excluding hydrogens is 359 g/mol. The molecule has 0 saturated heterocycles. The second kappa shape index (κ2) is 8.18. The molecule has 0 bridgehead atoms. The van der Waals surface area contributed by atoms with Crippen molar-refractivity contribution in [2.45, 2.75) is 32.4 Å². The van der Waals surface area contributed by atoms with E-state index in [1.807, 2.05) is 38.1 Å². The fourth-order valence-corrected chi connectivity index (χ4v) is 3.01. The number of amides is 1. The molecule has 0 spiro atoms. The molecule has 0 aliphatic heterocycles. The molecule has 0 unspecified atom stereocenters. The van der Waals surface area contributed by atoms with Crippen LogP contribution in [0.5, 0.6) is 0 Å². The van der Waals surface area contributed by atoms with E-state index >= 15 is 0 Å². The van der Waals surface area contributed by atoms with Crippen LogP contribution in [0.3, 0.4) is 0 Å². The molecule has 2 aromatic heterocycles. The maximum atomic E-state index is 14.4. The molecule has 2 atom stereocenters. The number of rotatable bonds is 7. The highest BCUT2D eigenvalue weighted by atomic mass is 19.1. The Morgan fingerprint density at radius 3 is 2.71 bits per heavy atom. The standard InChI is InChI=1S/C20H23FN6O/c1-11(22)8-12(2)25-20-16(21)10-15(18(23)28)19(27-20)26-14-5-6-17-13(9-14)4-3-7-24-17/h3-7,9-12H,8,22H2,1-2H3,(H2,23,28)(H2,25,26,27)/t11-,12-/m0/s1. The lowest BCUT2D eigenvalue weighted by Crippen LogP contribution is -2.27. The largest absolute Gasteiger partial charge is 0.365 e. The van der Waals surface area contributed by atoms with Crippen LogP contribution in [0.15, 0.2) is 42.6 Å². The van der Waals surface area contributed by atoms with Gasteiger partial charge in [-0.2, -0.15) is 0 Å². The molecule has 0 aliphatic rings. The molecule has 1 amide bonds. The Balaban J connectivity index is 1.94. The van der Waals surface area contributed by atoms with Crippen LogP contribution < -0.4 is 22.1 Å². The Hall–Kier alpha value is -3.26. The van der Waals surface area contributed by atoms with Gasteiger partial charge in [-0.3, -0.25) is 9.78 Å². The van der Waals surface area contributed by atoms with Crippen LogP contribution in [0.4, 0.5) is 21.7 Å². The zero-order valence-electron chi connectivity index (χ0n) is 15.7. The van der Waals surface area contributed by atoms with Crippen molar-refractivity contribution in [1.82, 2.24) is 9.97 Å². The monoisotopic (exact) mass is 382 g/mol. The second-order valence-electron chi connectivity index (χ2n) is 6.87. The topological polar surface area (TPSA) is 119 Å². The van der Waals surface area contributed by atoms with Gasteiger partial charge in [-0.05, 0) is 50.6 Å². The number of hydrogen-bond acceptors (Lipinski definition) is 6. The maximum Gasteiger partial charge on any atom is 0.252 e. The van der Waals surface area contributed by atoms with E-state index in [0.717, 1.165) is 17.0 Å². The number of carbonyl (C=O) groups excluding carboxylic acids is 1. The number of nitrogens with two attached hydrogens (primary N) is 2. The molecule has 3 rings (SSSR count). The van der Waals surface area contributed by atoms with Gasteiger partial charge in [-0.25, -0.2) is 9.37 Å². The number of pyridine rings is 2. The molecule has 28 heavy (non-hydrogen) atoms. The first-order valence-corrected chi connectivity index (χ1v) is 8.97. The van der Waals surface area contributed by atoms with Gasteiger partial charge in [0.25, 0.3) is 5.91 Å². The number of benzene rings is 1. The smallest absolute Gasteiger partial charge is 0.252 e. The number of primary amides is 1. The van der Waals surface area contributed by atoms with E-state index in [9.17, 15) is 9.18 Å². The SMILES string of the molecule is C[C@H](N)C[C@H](C)Nc1nc(Nc2ccc3ncccc3c2)c(C(N)=O)cc1F. The summed E-state index contributed by atoms with van der Waals surface area (Å²) in [4.78, 5) is 20.3. The van der Waals surface area contributed by atoms with Crippen molar-refractivity contribution in [3.05, 3.63) is 54.0 Å². The van der Waals surface area contributed by atoms with Gasteiger partial charge in [0.2, 0.25) is 0 Å². The van der Waals surface area contributed by atoms with Crippen molar-refractivity contribution >= 4 is 34.1 Å². The van der Waals surface area contributed by atoms with Gasteiger partial charge in [-0.1, -0.05) is 6.07 Å². The minimum atomic E-state index is -0.772. The average molecular weight is 382 g/mol. The van der Waals surface area contributed by atoms with Crippen molar-refractivity contribution in [2.75, 3.05) is 10.6 Å². The van der Waals surface area contributed by atoms with E-state index in [0.29, 0.717) is 12.1 Å². The van der Waals surface area contributed by atoms with Crippen molar-refractivity contribution in [3.63, 3.8) is 0 Å². The first-order chi connectivity index (χ1) is 13.3. The van der Waals surface area contributed by atoms with Crippen molar-refractivity contribution in [3.8, 4) is 0 Å². The molecule has 6 N–H and O–H groups in total. The highest BCUT2D eigenvalue weighted by molar-refractivity contribution is 5.99. The zero-order chi connectivity index (χ0) is 20.3. The summed E-state index contributed by atoms with van der Waals surface area (Å²) < 4.78 is 14.4. The molecule has 0 aliphatic carbocycles. The fourth-order valence-electron chi connectivity index (χ4n) is 3.01. The highest BCUT2D eigenvalue weighted by Gasteiger charge is 2.18. The van der Waals surface area contributed by atoms with Crippen molar-refractivity contribution in [2.24, 2.45) is 11.5 Å². The molecule has 7 nitrogen and oxygen atoms in total. The molecule has 146 valence electrons. The lowest BCUT2D eigenvalue weighted by Gasteiger charge is -2.18. The number of nitrogens with zero attached hydrogens (tertiary/aromatic N) is 2. The summed E-state index contributed by atoms with van der Waals surface area (Å²) in [6.07, 6.45) is 2.35. The summed E-state index contributed by atoms with van der Waals surface area (Å²) in [5, 5.41) is 6.97. The van der Waals surface area contributed by atoms with Crippen LogP contribution in [-0.2, 0) is 0 Å². The van der Waals surface area contributed by atoms with E-state index in [2.05, 4.69) is 20.6 Å². The summed E-state index contributed by atoms with van der Waals surface area (Å²) in [5.41, 5.74) is 12.7. The third-order valence-corrected chi connectivity index (χ3v) is 4.22. The predicted molar refractivity (Wildman–Crippen MR) is 109 cm³/mol. The van der Waals surface area contributed by atoms with Crippen LogP contribution >= 0.6 is 0 Å². The van der Waals surface area contributed by atoms with Crippen LogP contribution in [0, 0.1) is 5.82 Å². The Kier molecular flexibility index (Phi) is 5.70. The van der Waals surface area contributed by atoms with E-state index in [-0.39, 0.29) is 29.3 Å². The van der Waals surface area contributed by atoms with E-state index in [4.69, 9.17) is 11.5 Å². The molecule has 0 radical (unpaired) electrons. The maximum absolute atomic E-state index is 14.4. The third kappa shape index (κ3) is 4.52. The minimum Gasteiger partial charge on any atom is -0.365 e. The molecule has 0 saturated carbocycles. The van der Waals surface area contributed by atoms with E-state index < -0.39 is 11.7 Å². The van der Waals surface area contributed by atoms with Gasteiger partial charge < -0.3 is 22.1 Å². The lowest BCUT2D eigenvalue weighted by molar-refractivity contribution is 0.100. The van der Waals surface area contributed by atoms with Gasteiger partial charge in [0.05, 0.1) is 11.1 Å². The number of hydrogen-bond donors (Lipinski definition) is 4. The van der Waals surface area contributed by atoms with Crippen LogP contribution in [-0.4, -0.2) is 28.0 Å². The number of fused-ring (bicyclic) bond motifs is 1. The molecule has 1 aromatic carbocycles. The third-order valence-electron chi connectivity index (χ3n) is 4.22. The normalized spacial score (nSPS) is 13.1. The van der Waals surface area contributed by atoms with Crippen LogP contribution in [0.25, 0.3) is 10.9 Å². The fraction of sp³-hybridized carbons (Fsp3) is 0.250. The molecular formula is C20H23FN6O. The summed E-state index contributed by atoms with van der Waals surface area (Å²) in [6, 6.07) is 10.2. The first kappa shape index (κ1) is 19.5. The second-order valence-corrected chi connectivity index (χ2v) is 6.87. The average Bonchev–Trinajstić information content (AvgIpc) is 2.63. The van der Waals surface area contributed by atoms with Gasteiger partial charge in [0.1, 0.15) is 5.82 Å². The molecule has 3 aromatic rings. The Bertz CT molecular complexity index is 1010. The Labute approximate surface area is 162 Å². The highest BCUT2D eigenvalue weighted by Crippen LogP contribution is 2.26. The molecule has 8 heteroatoms. The van der Waals surface area contributed by atoms with Crippen LogP contribution in [0.1, 0.15) is 30.6 Å². The van der Waals surface area contributed by atoms with Gasteiger partial charge in [0.15, 0.2) is 11.6 Å². The van der Waals surface area contributed by atoms with Crippen molar-refractivity contribution < 1.29 is 9.18 Å². The predicted octanol–water partition coefficient (Wildman–Crippen LogP) is 3.15. The zero-order valence-corrected chi connectivity index (χ0v) is 15.7. The summed E-state index contributed by atoms with van der Waals surface area (Å²) in [5.74, 6) is -1.22. The number of nitrogens with one attached hydrogen (secondary N) is 2. The van der Waals surface area contributed by atoms with Gasteiger partial charge >= 0.3 is 0 Å². The minimum absolute atomic E-state index is 0.0307. The van der Waals surface area contributed by atoms with E-state index in [1.165, 1.54) is 0 Å². The van der Waals surface area contributed by atoms with Crippen LogP contribution in [0.2, 0.25) is 0 Å². The molecule has 2 heterocycles. The van der Waals surface area contributed by atoms with Crippen molar-refractivity contribution in [1.29, 1.82) is 0 Å². The first-order valence-electron chi connectivity index (χ1n) is 8.97. The summed E-state index contributed by atoms with van der Waals surface area (Å²) >= 11 is 0. The number of carbonyl (C=O) groups is 1. The quantitative estimate of drug-likeness (QED) is 0.498. The van der Waals surface area contributed by atoms with Gasteiger partial charge in [0, 0.05) is 29.4 Å². The molecule has 0 fully saturated rings. The number of halogens is 1. The summed E-state index contributed by atoms with van der Waals surface area (Å²) in [6.45, 7) is 3.76. The Morgan fingerprint density at radius 1 is 1.21 bits per heavy atom. The number of anilines is 3.